The van der Waals surface area contributed by atoms with E-state index in [4.69, 9.17) is 5.73 Å². The Morgan fingerprint density at radius 1 is 1.03 bits per heavy atom. The minimum Gasteiger partial charge on any atom is -0.363 e. The third-order valence-corrected chi connectivity index (χ3v) is 8.47. The maximum Gasteiger partial charge on any atom is 0.287 e. The molecule has 0 radical (unpaired) electrons. The van der Waals surface area contributed by atoms with Crippen molar-refractivity contribution in [2.24, 2.45) is 40.2 Å². The molecule has 2 aliphatic carbocycles. The fourth-order valence-electron chi connectivity index (χ4n) is 6.13. The summed E-state index contributed by atoms with van der Waals surface area (Å²) in [6, 6.07) is -1.10. The van der Waals surface area contributed by atoms with E-state index >= 15 is 0 Å². The van der Waals surface area contributed by atoms with Crippen LogP contribution >= 0.6 is 0 Å². The Balaban J connectivity index is 1.98. The van der Waals surface area contributed by atoms with Crippen LogP contribution in [0.3, 0.4) is 0 Å². The standard InChI is InChI=1S/C27H45N5O5/c1-24(2,3)17(22(36)31-32-25(4,5)6)20(34)27(19-15(13-29-27)26(19,7)8)23(37)30-16(18(33)21(28)35)12-14-10-9-11-14/h14-17,19,29,32H,9-13H2,1-8H3,(H2,28,35)(H,30,37)(H,31,36)/t15-,16?,17-,19+,27-/m0/s1. The van der Waals surface area contributed by atoms with Crippen LogP contribution in [0.1, 0.15) is 81.1 Å². The maximum absolute atomic E-state index is 14.4. The van der Waals surface area contributed by atoms with Crippen molar-refractivity contribution in [3.63, 3.8) is 0 Å². The normalized spacial score (nSPS) is 28.3. The van der Waals surface area contributed by atoms with Gasteiger partial charge < -0.3 is 11.1 Å². The molecular formula is C27H45N5O5. The highest BCUT2D eigenvalue weighted by Crippen LogP contribution is 2.66. The van der Waals surface area contributed by atoms with Crippen molar-refractivity contribution < 1.29 is 24.0 Å². The monoisotopic (exact) mass is 519 g/mol. The van der Waals surface area contributed by atoms with Gasteiger partial charge >= 0.3 is 0 Å². The third-order valence-electron chi connectivity index (χ3n) is 8.47. The minimum absolute atomic E-state index is 0.0653. The number of fused-ring (bicyclic) bond motifs is 1. The van der Waals surface area contributed by atoms with Crippen LogP contribution in [0, 0.1) is 34.5 Å². The van der Waals surface area contributed by atoms with Gasteiger partial charge in [-0.05, 0) is 49.9 Å². The van der Waals surface area contributed by atoms with Gasteiger partial charge in [0, 0.05) is 18.0 Å². The van der Waals surface area contributed by atoms with E-state index < -0.39 is 57.7 Å². The van der Waals surface area contributed by atoms with E-state index in [0.29, 0.717) is 13.0 Å². The van der Waals surface area contributed by atoms with E-state index in [1.807, 2.05) is 34.6 Å². The van der Waals surface area contributed by atoms with Crippen LogP contribution < -0.4 is 27.2 Å². The SMILES string of the molecule is CC(C)(C)NNC(=O)[C@H](C(=O)[C@@]1(C(=O)NC(CC2CCC2)C(=O)C(N)=O)NC[C@H]2[C@@H]1C2(C)C)C(C)(C)C. The molecule has 10 nitrogen and oxygen atoms in total. The molecule has 3 aliphatic rings. The van der Waals surface area contributed by atoms with Gasteiger partial charge in [0.1, 0.15) is 5.92 Å². The molecule has 2 saturated carbocycles. The molecule has 1 unspecified atom stereocenters. The lowest BCUT2D eigenvalue weighted by Gasteiger charge is -2.39. The molecule has 10 heteroatoms. The molecule has 208 valence electrons. The van der Waals surface area contributed by atoms with Crippen LogP contribution in [-0.4, -0.2) is 53.0 Å². The number of primary amides is 1. The summed E-state index contributed by atoms with van der Waals surface area (Å²) in [5.74, 6) is -4.95. The first-order valence-electron chi connectivity index (χ1n) is 13.3. The molecule has 3 amide bonds. The van der Waals surface area contributed by atoms with Crippen molar-refractivity contribution in [1.29, 1.82) is 0 Å². The molecular weight excluding hydrogens is 474 g/mol. The summed E-state index contributed by atoms with van der Waals surface area (Å²) in [5, 5.41) is 5.91. The van der Waals surface area contributed by atoms with Gasteiger partial charge in [0.15, 0.2) is 11.3 Å². The second kappa shape index (κ2) is 9.76. The zero-order valence-corrected chi connectivity index (χ0v) is 23.5. The fraction of sp³-hybridized carbons (Fsp3) is 0.815. The minimum atomic E-state index is -1.71. The molecule has 3 fully saturated rings. The summed E-state index contributed by atoms with van der Waals surface area (Å²) in [6.45, 7) is 15.5. The van der Waals surface area contributed by atoms with Crippen LogP contribution in [0.15, 0.2) is 0 Å². The van der Waals surface area contributed by atoms with Crippen LogP contribution in [0.5, 0.6) is 0 Å². The average molecular weight is 520 g/mol. The Morgan fingerprint density at radius 3 is 2.03 bits per heavy atom. The summed E-state index contributed by atoms with van der Waals surface area (Å²) >= 11 is 0. The van der Waals surface area contributed by atoms with E-state index in [-0.39, 0.29) is 23.2 Å². The molecule has 0 aromatic rings. The molecule has 6 N–H and O–H groups in total. The van der Waals surface area contributed by atoms with Gasteiger partial charge in [0.25, 0.3) is 5.91 Å². The lowest BCUT2D eigenvalue weighted by molar-refractivity contribution is -0.149. The van der Waals surface area contributed by atoms with Crippen LogP contribution in [0.25, 0.3) is 0 Å². The van der Waals surface area contributed by atoms with Gasteiger partial charge in [-0.3, -0.25) is 34.7 Å². The number of piperidine rings is 1. The number of rotatable bonds is 10. The van der Waals surface area contributed by atoms with E-state index in [2.05, 4.69) is 21.5 Å². The largest absolute Gasteiger partial charge is 0.363 e. The van der Waals surface area contributed by atoms with Crippen LogP contribution in [0.2, 0.25) is 0 Å². The highest BCUT2D eigenvalue weighted by molar-refractivity contribution is 6.38. The lowest BCUT2D eigenvalue weighted by Crippen LogP contribution is -2.68. The zero-order chi connectivity index (χ0) is 28.1. The number of nitrogens with two attached hydrogens (primary N) is 1. The number of carbonyl (C=O) groups is 5. The van der Waals surface area contributed by atoms with Gasteiger partial charge in [0.2, 0.25) is 17.6 Å². The molecule has 5 atom stereocenters. The first-order chi connectivity index (χ1) is 16.8. The first kappa shape index (κ1) is 29.2. The predicted octanol–water partition coefficient (Wildman–Crippen LogP) is 0.981. The van der Waals surface area contributed by atoms with E-state index in [0.717, 1.165) is 19.3 Å². The zero-order valence-electron chi connectivity index (χ0n) is 23.5. The smallest absolute Gasteiger partial charge is 0.287 e. The number of ketones is 2. The molecule has 0 aromatic heterocycles. The summed E-state index contributed by atoms with van der Waals surface area (Å²) in [6.07, 6.45) is 3.15. The van der Waals surface area contributed by atoms with Gasteiger partial charge in [-0.15, -0.1) is 0 Å². The van der Waals surface area contributed by atoms with Crippen molar-refractivity contribution in [3.05, 3.63) is 0 Å². The number of nitrogens with one attached hydrogen (secondary N) is 4. The Bertz CT molecular complexity index is 975. The van der Waals surface area contributed by atoms with Crippen molar-refractivity contribution in [2.45, 2.75) is 98.2 Å². The molecule has 0 aromatic carbocycles. The van der Waals surface area contributed by atoms with E-state index in [1.165, 1.54) is 0 Å². The Kier molecular flexibility index (Phi) is 7.71. The Labute approximate surface area is 220 Å². The number of carbonyl (C=O) groups excluding carboxylic acids is 5. The third kappa shape index (κ3) is 5.60. The molecule has 37 heavy (non-hydrogen) atoms. The number of hydrazine groups is 1. The quantitative estimate of drug-likeness (QED) is 0.163. The topological polar surface area (TPSA) is 159 Å². The van der Waals surface area contributed by atoms with Gasteiger partial charge in [-0.1, -0.05) is 53.9 Å². The summed E-state index contributed by atoms with van der Waals surface area (Å²) in [7, 11) is 0. The van der Waals surface area contributed by atoms with Crippen LogP contribution in [-0.2, 0) is 24.0 Å². The highest BCUT2D eigenvalue weighted by Gasteiger charge is 2.76. The van der Waals surface area contributed by atoms with Crippen molar-refractivity contribution in [3.8, 4) is 0 Å². The molecule has 1 heterocycles. The van der Waals surface area contributed by atoms with Crippen LogP contribution in [0.4, 0.5) is 0 Å². The van der Waals surface area contributed by atoms with Crippen molar-refractivity contribution in [1.82, 2.24) is 21.5 Å². The lowest BCUT2D eigenvalue weighted by atomic mass is 9.69. The molecule has 3 rings (SSSR count). The number of hydrogen-bond donors (Lipinski definition) is 5. The Hall–Kier alpha value is -2.33. The van der Waals surface area contributed by atoms with Gasteiger partial charge in [0.05, 0.1) is 6.04 Å². The number of hydrogen-bond acceptors (Lipinski definition) is 7. The Morgan fingerprint density at radius 2 is 1.62 bits per heavy atom. The van der Waals surface area contributed by atoms with Crippen molar-refractivity contribution in [2.75, 3.05) is 6.54 Å². The second-order valence-corrected chi connectivity index (χ2v) is 13.9. The number of Topliss-reactive ketones (excluding diaryl/α,β-unsaturated/α-hetero) is 2. The average Bonchev–Trinajstić information content (AvgIpc) is 3.07. The van der Waals surface area contributed by atoms with Gasteiger partial charge in [-0.2, -0.15) is 0 Å². The van der Waals surface area contributed by atoms with E-state index in [9.17, 15) is 24.0 Å². The van der Waals surface area contributed by atoms with Gasteiger partial charge in [-0.25, -0.2) is 5.43 Å². The summed E-state index contributed by atoms with van der Waals surface area (Å²) in [4.78, 5) is 66.4. The van der Waals surface area contributed by atoms with Crippen molar-refractivity contribution >= 4 is 29.3 Å². The number of amides is 3. The highest BCUT2D eigenvalue weighted by atomic mass is 16.2. The summed E-state index contributed by atoms with van der Waals surface area (Å²) < 4.78 is 0. The first-order valence-corrected chi connectivity index (χ1v) is 13.3. The molecule has 1 aliphatic heterocycles. The molecule has 0 spiro atoms. The summed E-state index contributed by atoms with van der Waals surface area (Å²) in [5.41, 5.74) is 7.64. The fourth-order valence-corrected chi connectivity index (χ4v) is 6.13. The molecule has 0 bridgehead atoms. The second-order valence-electron chi connectivity index (χ2n) is 13.9. The van der Waals surface area contributed by atoms with E-state index in [1.54, 1.807) is 20.8 Å². The maximum atomic E-state index is 14.4. The predicted molar refractivity (Wildman–Crippen MR) is 139 cm³/mol. The molecule has 1 saturated heterocycles.